The van der Waals surface area contributed by atoms with Gasteiger partial charge < -0.3 is 10.1 Å². The second-order valence-corrected chi connectivity index (χ2v) is 2.02. The molecule has 1 fully saturated rings. The normalized spacial score (nSPS) is 38.6. The Hall–Kier alpha value is -0.0800. The van der Waals surface area contributed by atoms with Crippen LogP contribution in [0.15, 0.2) is 0 Å². The summed E-state index contributed by atoms with van der Waals surface area (Å²) in [5, 5.41) is 3.21. The van der Waals surface area contributed by atoms with Crippen molar-refractivity contribution < 1.29 is 4.74 Å². The summed E-state index contributed by atoms with van der Waals surface area (Å²) >= 11 is 0. The molecular weight excluding hydrogens is 90.1 g/mol. The van der Waals surface area contributed by atoms with Crippen LogP contribution in [-0.2, 0) is 4.74 Å². The fourth-order valence-corrected chi connectivity index (χ4v) is 0.654. The largest absolute Gasteiger partial charge is 0.383 e. The van der Waals surface area contributed by atoms with Crippen molar-refractivity contribution in [2.45, 2.75) is 19.0 Å². The number of hydrogen-bond acceptors (Lipinski definition) is 2. The number of ether oxygens (including phenoxy) is 1. The molecule has 2 heteroatoms. The molecule has 0 saturated carbocycles. The van der Waals surface area contributed by atoms with Crippen LogP contribution in [0.2, 0.25) is 0 Å². The van der Waals surface area contributed by atoms with E-state index in [0.717, 1.165) is 6.61 Å². The Bertz CT molecular complexity index is 65.1. The van der Waals surface area contributed by atoms with Crippen molar-refractivity contribution in [2.75, 3.05) is 13.7 Å². The van der Waals surface area contributed by atoms with Crippen LogP contribution in [0, 0.1) is 0 Å². The SMILES string of the molecule is COCC1NC1C. The van der Waals surface area contributed by atoms with Gasteiger partial charge in [0.05, 0.1) is 6.61 Å². The summed E-state index contributed by atoms with van der Waals surface area (Å²) in [5.74, 6) is 0. The van der Waals surface area contributed by atoms with Crippen LogP contribution < -0.4 is 5.32 Å². The van der Waals surface area contributed by atoms with Crippen molar-refractivity contribution in [3.63, 3.8) is 0 Å². The molecule has 2 unspecified atom stereocenters. The molecule has 0 radical (unpaired) electrons. The minimum absolute atomic E-state index is 0.644. The predicted molar refractivity (Wildman–Crippen MR) is 28.3 cm³/mol. The topological polar surface area (TPSA) is 31.2 Å². The Morgan fingerprint density at radius 1 is 1.71 bits per heavy atom. The molecule has 7 heavy (non-hydrogen) atoms. The van der Waals surface area contributed by atoms with Gasteiger partial charge in [0, 0.05) is 19.2 Å². The minimum atomic E-state index is 0.644. The summed E-state index contributed by atoms with van der Waals surface area (Å²) in [6.07, 6.45) is 0. The summed E-state index contributed by atoms with van der Waals surface area (Å²) in [5.41, 5.74) is 0. The molecule has 2 atom stereocenters. The molecule has 0 bridgehead atoms. The van der Waals surface area contributed by atoms with Gasteiger partial charge in [-0.25, -0.2) is 0 Å². The summed E-state index contributed by atoms with van der Waals surface area (Å²) in [6, 6.07) is 1.34. The summed E-state index contributed by atoms with van der Waals surface area (Å²) in [4.78, 5) is 0. The lowest BCUT2D eigenvalue weighted by Gasteiger charge is -1.88. The van der Waals surface area contributed by atoms with Crippen LogP contribution in [0.3, 0.4) is 0 Å². The van der Waals surface area contributed by atoms with E-state index in [1.165, 1.54) is 0 Å². The smallest absolute Gasteiger partial charge is 0.0631 e. The molecule has 1 heterocycles. The lowest BCUT2D eigenvalue weighted by atomic mass is 10.4. The van der Waals surface area contributed by atoms with Crippen LogP contribution >= 0.6 is 0 Å². The maximum atomic E-state index is 4.87. The van der Waals surface area contributed by atoms with Crippen molar-refractivity contribution >= 4 is 0 Å². The van der Waals surface area contributed by atoms with E-state index in [-0.39, 0.29) is 0 Å². The van der Waals surface area contributed by atoms with Gasteiger partial charge in [0.15, 0.2) is 0 Å². The third-order valence-corrected chi connectivity index (χ3v) is 1.32. The summed E-state index contributed by atoms with van der Waals surface area (Å²) in [7, 11) is 1.73. The Morgan fingerprint density at radius 2 is 2.29 bits per heavy atom. The Balaban J connectivity index is 1.98. The molecule has 0 spiro atoms. The number of hydrogen-bond donors (Lipinski definition) is 1. The average Bonchev–Trinajstić information content (AvgIpc) is 2.22. The molecule has 0 aromatic carbocycles. The van der Waals surface area contributed by atoms with Crippen LogP contribution in [0.25, 0.3) is 0 Å². The van der Waals surface area contributed by atoms with Crippen molar-refractivity contribution in [3.05, 3.63) is 0 Å². The van der Waals surface area contributed by atoms with Gasteiger partial charge in [-0.1, -0.05) is 0 Å². The van der Waals surface area contributed by atoms with E-state index in [0.29, 0.717) is 12.1 Å². The second-order valence-electron chi connectivity index (χ2n) is 2.02. The quantitative estimate of drug-likeness (QED) is 0.496. The Kier molecular flexibility index (Phi) is 1.30. The van der Waals surface area contributed by atoms with Crippen LogP contribution in [0.4, 0.5) is 0 Å². The minimum Gasteiger partial charge on any atom is -0.383 e. The fraction of sp³-hybridized carbons (Fsp3) is 1.00. The highest BCUT2D eigenvalue weighted by Gasteiger charge is 2.30. The standard InChI is InChI=1S/C5H11NO/c1-4-5(6-4)3-7-2/h4-6H,3H2,1-2H3. The van der Waals surface area contributed by atoms with E-state index in [1.54, 1.807) is 7.11 Å². The molecule has 1 saturated heterocycles. The zero-order valence-electron chi connectivity index (χ0n) is 4.77. The molecule has 0 aromatic rings. The first kappa shape index (κ1) is 5.06. The lowest BCUT2D eigenvalue weighted by molar-refractivity contribution is 0.199. The highest BCUT2D eigenvalue weighted by Crippen LogP contribution is 2.07. The van der Waals surface area contributed by atoms with Crippen molar-refractivity contribution in [1.82, 2.24) is 5.32 Å². The van der Waals surface area contributed by atoms with Gasteiger partial charge in [0.25, 0.3) is 0 Å². The Labute approximate surface area is 43.9 Å². The van der Waals surface area contributed by atoms with Crippen molar-refractivity contribution in [1.29, 1.82) is 0 Å². The van der Waals surface area contributed by atoms with Gasteiger partial charge in [0.2, 0.25) is 0 Å². The molecule has 1 aliphatic rings. The van der Waals surface area contributed by atoms with Crippen LogP contribution in [-0.4, -0.2) is 25.8 Å². The third-order valence-electron chi connectivity index (χ3n) is 1.32. The van der Waals surface area contributed by atoms with Gasteiger partial charge in [-0.15, -0.1) is 0 Å². The van der Waals surface area contributed by atoms with E-state index < -0.39 is 0 Å². The molecule has 1 N–H and O–H groups in total. The number of methoxy groups -OCH3 is 1. The highest BCUT2D eigenvalue weighted by atomic mass is 16.5. The monoisotopic (exact) mass is 101 g/mol. The molecule has 0 aromatic heterocycles. The van der Waals surface area contributed by atoms with Crippen molar-refractivity contribution in [3.8, 4) is 0 Å². The third kappa shape index (κ3) is 1.14. The van der Waals surface area contributed by atoms with Gasteiger partial charge in [-0.2, -0.15) is 0 Å². The zero-order valence-corrected chi connectivity index (χ0v) is 4.77. The number of rotatable bonds is 2. The van der Waals surface area contributed by atoms with E-state index in [1.807, 2.05) is 0 Å². The first-order chi connectivity index (χ1) is 3.34. The van der Waals surface area contributed by atoms with E-state index in [4.69, 9.17) is 4.74 Å². The fourth-order valence-electron chi connectivity index (χ4n) is 0.654. The molecule has 0 amide bonds. The maximum Gasteiger partial charge on any atom is 0.0631 e. The van der Waals surface area contributed by atoms with Gasteiger partial charge >= 0.3 is 0 Å². The summed E-state index contributed by atoms with van der Waals surface area (Å²) in [6.45, 7) is 3.02. The predicted octanol–water partition coefficient (Wildman–Crippen LogP) is -0.00690. The van der Waals surface area contributed by atoms with Crippen molar-refractivity contribution in [2.24, 2.45) is 0 Å². The van der Waals surface area contributed by atoms with Gasteiger partial charge in [0.1, 0.15) is 0 Å². The highest BCUT2D eigenvalue weighted by molar-refractivity contribution is 4.93. The molecule has 2 nitrogen and oxygen atoms in total. The van der Waals surface area contributed by atoms with Gasteiger partial charge in [-0.05, 0) is 6.92 Å². The average molecular weight is 101 g/mol. The molecular formula is C5H11NO. The first-order valence-corrected chi connectivity index (χ1v) is 2.59. The molecule has 0 aliphatic carbocycles. The summed E-state index contributed by atoms with van der Waals surface area (Å²) < 4.78 is 4.87. The van der Waals surface area contributed by atoms with E-state index >= 15 is 0 Å². The Morgan fingerprint density at radius 3 is 2.43 bits per heavy atom. The van der Waals surface area contributed by atoms with E-state index in [2.05, 4.69) is 12.2 Å². The van der Waals surface area contributed by atoms with Crippen LogP contribution in [0.1, 0.15) is 6.92 Å². The molecule has 1 rings (SSSR count). The molecule has 1 aliphatic heterocycles. The first-order valence-electron chi connectivity index (χ1n) is 2.59. The van der Waals surface area contributed by atoms with E-state index in [9.17, 15) is 0 Å². The van der Waals surface area contributed by atoms with Crippen LogP contribution in [0.5, 0.6) is 0 Å². The zero-order chi connectivity index (χ0) is 5.28. The lowest BCUT2D eigenvalue weighted by Crippen LogP contribution is -2.00. The second kappa shape index (κ2) is 1.80. The number of nitrogens with one attached hydrogen (secondary N) is 1. The van der Waals surface area contributed by atoms with Gasteiger partial charge in [-0.3, -0.25) is 0 Å². The maximum absolute atomic E-state index is 4.87. The molecule has 42 valence electrons.